The molecule has 0 saturated carbocycles. The third-order valence-electron chi connectivity index (χ3n) is 4.60. The van der Waals surface area contributed by atoms with Crippen molar-refractivity contribution in [1.82, 2.24) is 14.8 Å². The van der Waals surface area contributed by atoms with Crippen LogP contribution in [-0.2, 0) is 17.7 Å². The van der Waals surface area contributed by atoms with Crippen LogP contribution in [0.5, 0.6) is 0 Å². The lowest BCUT2D eigenvalue weighted by Gasteiger charge is -2.11. The first kappa shape index (κ1) is 19.7. The van der Waals surface area contributed by atoms with Crippen molar-refractivity contribution < 1.29 is 9.53 Å². The van der Waals surface area contributed by atoms with E-state index >= 15 is 0 Å². The van der Waals surface area contributed by atoms with Gasteiger partial charge in [0.25, 0.3) is 5.56 Å². The molecule has 0 atom stereocenters. The van der Waals surface area contributed by atoms with E-state index in [2.05, 4.69) is 17.0 Å². The lowest BCUT2D eigenvalue weighted by molar-refractivity contribution is 0.0493. The van der Waals surface area contributed by atoms with Crippen molar-refractivity contribution in [3.63, 3.8) is 0 Å². The summed E-state index contributed by atoms with van der Waals surface area (Å²) in [5.41, 5.74) is 1.14. The number of unbranched alkanes of at least 4 members (excludes halogenated alkanes) is 2. The highest BCUT2D eigenvalue weighted by atomic mass is 16.5. The lowest BCUT2D eigenvalue weighted by Crippen LogP contribution is -2.26. The molecule has 0 spiro atoms. The molecule has 1 aromatic carbocycles. The highest BCUT2D eigenvalue weighted by Crippen LogP contribution is 2.15. The molecule has 0 aliphatic heterocycles. The SMILES string of the molecule is CCCCCn1nc(C(=O)OCCCc2cccnc2)c2ccccc2c1=O. The molecule has 0 N–H and O–H groups in total. The summed E-state index contributed by atoms with van der Waals surface area (Å²) in [7, 11) is 0. The molecule has 0 unspecified atom stereocenters. The van der Waals surface area contributed by atoms with E-state index in [1.807, 2.05) is 18.3 Å². The lowest BCUT2D eigenvalue weighted by atomic mass is 10.1. The van der Waals surface area contributed by atoms with Gasteiger partial charge < -0.3 is 4.74 Å². The Labute approximate surface area is 164 Å². The number of hydrogen-bond donors (Lipinski definition) is 0. The third-order valence-corrected chi connectivity index (χ3v) is 4.60. The molecule has 2 aromatic heterocycles. The maximum absolute atomic E-state index is 12.7. The van der Waals surface area contributed by atoms with Crippen LogP contribution >= 0.6 is 0 Å². The fraction of sp³-hybridized carbons (Fsp3) is 0.364. The average Bonchev–Trinajstić information content (AvgIpc) is 2.73. The van der Waals surface area contributed by atoms with Crippen molar-refractivity contribution in [1.29, 1.82) is 0 Å². The molecule has 0 radical (unpaired) electrons. The van der Waals surface area contributed by atoms with E-state index in [0.29, 0.717) is 30.3 Å². The maximum atomic E-state index is 12.7. The van der Waals surface area contributed by atoms with Gasteiger partial charge in [0.05, 0.1) is 12.0 Å². The number of ether oxygens (including phenoxy) is 1. The number of fused-ring (bicyclic) bond motifs is 1. The predicted octanol–water partition coefficient (Wildman–Crippen LogP) is 3.77. The molecule has 6 heteroatoms. The van der Waals surface area contributed by atoms with Crippen LogP contribution in [0.15, 0.2) is 53.6 Å². The number of carbonyl (C=O) groups excluding carboxylic acids is 1. The first-order valence-electron chi connectivity index (χ1n) is 9.76. The Hall–Kier alpha value is -3.02. The molecule has 3 rings (SSSR count). The fourth-order valence-electron chi connectivity index (χ4n) is 3.10. The molecule has 28 heavy (non-hydrogen) atoms. The van der Waals surface area contributed by atoms with Crippen molar-refractivity contribution in [3.8, 4) is 0 Å². The van der Waals surface area contributed by atoms with E-state index in [9.17, 15) is 9.59 Å². The van der Waals surface area contributed by atoms with Gasteiger partial charge in [0.2, 0.25) is 0 Å². The smallest absolute Gasteiger partial charge is 0.359 e. The summed E-state index contributed by atoms with van der Waals surface area (Å²) >= 11 is 0. The van der Waals surface area contributed by atoms with Gasteiger partial charge in [-0.1, -0.05) is 44.0 Å². The number of hydrogen-bond acceptors (Lipinski definition) is 5. The minimum absolute atomic E-state index is 0.167. The highest BCUT2D eigenvalue weighted by molar-refractivity contribution is 6.02. The minimum Gasteiger partial charge on any atom is -0.461 e. The standard InChI is InChI=1S/C22H25N3O3/c1-2-3-6-14-25-21(26)19-12-5-4-11-18(19)20(24-25)22(27)28-15-8-10-17-9-7-13-23-16-17/h4-5,7,9,11-13,16H,2-3,6,8,10,14-15H2,1H3. The largest absolute Gasteiger partial charge is 0.461 e. The summed E-state index contributed by atoms with van der Waals surface area (Å²) in [4.78, 5) is 29.4. The number of carbonyl (C=O) groups is 1. The minimum atomic E-state index is -0.494. The van der Waals surface area contributed by atoms with E-state index in [1.54, 1.807) is 30.5 Å². The van der Waals surface area contributed by atoms with Crippen LogP contribution in [0.25, 0.3) is 10.8 Å². The zero-order valence-electron chi connectivity index (χ0n) is 16.1. The predicted molar refractivity (Wildman–Crippen MR) is 108 cm³/mol. The normalized spacial score (nSPS) is 10.9. The number of pyridine rings is 1. The molecule has 0 bridgehead atoms. The van der Waals surface area contributed by atoms with Crippen LogP contribution in [0.1, 0.15) is 48.7 Å². The molecule has 0 saturated heterocycles. The van der Waals surface area contributed by atoms with Crippen LogP contribution in [0.3, 0.4) is 0 Å². The molecule has 2 heterocycles. The quantitative estimate of drug-likeness (QED) is 0.418. The second kappa shape index (κ2) is 9.78. The molecule has 0 aliphatic rings. The van der Waals surface area contributed by atoms with Gasteiger partial charge in [-0.05, 0) is 37.0 Å². The molecular weight excluding hydrogens is 354 g/mol. The summed E-state index contributed by atoms with van der Waals surface area (Å²) in [6.45, 7) is 2.89. The van der Waals surface area contributed by atoms with Crippen molar-refractivity contribution in [2.45, 2.75) is 45.6 Å². The van der Waals surface area contributed by atoms with Gasteiger partial charge in [-0.2, -0.15) is 5.10 Å². The number of aryl methyl sites for hydroxylation is 2. The van der Waals surface area contributed by atoms with Crippen LogP contribution < -0.4 is 5.56 Å². The zero-order valence-corrected chi connectivity index (χ0v) is 16.1. The van der Waals surface area contributed by atoms with E-state index in [4.69, 9.17) is 4.74 Å². The monoisotopic (exact) mass is 379 g/mol. The Morgan fingerprint density at radius 1 is 1.07 bits per heavy atom. The van der Waals surface area contributed by atoms with E-state index < -0.39 is 5.97 Å². The Balaban J connectivity index is 1.73. The van der Waals surface area contributed by atoms with Crippen LogP contribution in [0.2, 0.25) is 0 Å². The van der Waals surface area contributed by atoms with Gasteiger partial charge in [-0.3, -0.25) is 9.78 Å². The second-order valence-electron chi connectivity index (χ2n) is 6.73. The van der Waals surface area contributed by atoms with Crippen molar-refractivity contribution in [3.05, 3.63) is 70.4 Å². The number of aromatic nitrogens is 3. The Morgan fingerprint density at radius 3 is 2.64 bits per heavy atom. The molecule has 0 fully saturated rings. The maximum Gasteiger partial charge on any atom is 0.359 e. The van der Waals surface area contributed by atoms with Crippen molar-refractivity contribution in [2.24, 2.45) is 0 Å². The summed E-state index contributed by atoms with van der Waals surface area (Å²) < 4.78 is 6.83. The van der Waals surface area contributed by atoms with Crippen molar-refractivity contribution in [2.75, 3.05) is 6.61 Å². The van der Waals surface area contributed by atoms with E-state index in [0.717, 1.165) is 31.2 Å². The van der Waals surface area contributed by atoms with Gasteiger partial charge in [-0.15, -0.1) is 0 Å². The zero-order chi connectivity index (χ0) is 19.8. The van der Waals surface area contributed by atoms with Gasteiger partial charge in [0.1, 0.15) is 0 Å². The van der Waals surface area contributed by atoms with Gasteiger partial charge in [0.15, 0.2) is 5.69 Å². The molecule has 3 aromatic rings. The van der Waals surface area contributed by atoms with Gasteiger partial charge >= 0.3 is 5.97 Å². The van der Waals surface area contributed by atoms with E-state index in [-0.39, 0.29) is 11.3 Å². The van der Waals surface area contributed by atoms with Gasteiger partial charge in [-0.25, -0.2) is 9.48 Å². The Morgan fingerprint density at radius 2 is 1.89 bits per heavy atom. The summed E-state index contributed by atoms with van der Waals surface area (Å²) in [5, 5.41) is 5.36. The Bertz CT molecular complexity index is 983. The first-order chi connectivity index (χ1) is 13.7. The molecular formula is C22H25N3O3. The molecule has 146 valence electrons. The van der Waals surface area contributed by atoms with Crippen LogP contribution in [0, 0.1) is 0 Å². The molecule has 0 aliphatic carbocycles. The van der Waals surface area contributed by atoms with E-state index in [1.165, 1.54) is 4.68 Å². The molecule has 6 nitrogen and oxygen atoms in total. The summed E-state index contributed by atoms with van der Waals surface area (Å²) in [5.74, 6) is -0.494. The topological polar surface area (TPSA) is 74.1 Å². The first-order valence-corrected chi connectivity index (χ1v) is 9.76. The van der Waals surface area contributed by atoms with Crippen LogP contribution in [-0.4, -0.2) is 27.3 Å². The average molecular weight is 379 g/mol. The fourth-order valence-corrected chi connectivity index (χ4v) is 3.10. The number of rotatable bonds is 9. The Kier molecular flexibility index (Phi) is 6.89. The summed E-state index contributed by atoms with van der Waals surface area (Å²) in [6, 6.07) is 10.9. The van der Waals surface area contributed by atoms with Crippen LogP contribution in [0.4, 0.5) is 0 Å². The number of benzene rings is 1. The second-order valence-corrected chi connectivity index (χ2v) is 6.73. The number of nitrogens with zero attached hydrogens (tertiary/aromatic N) is 3. The highest BCUT2D eigenvalue weighted by Gasteiger charge is 2.17. The van der Waals surface area contributed by atoms with Crippen molar-refractivity contribution >= 4 is 16.7 Å². The number of esters is 1. The summed E-state index contributed by atoms with van der Waals surface area (Å²) in [6.07, 6.45) is 7.93. The van der Waals surface area contributed by atoms with Gasteiger partial charge in [0, 0.05) is 24.3 Å². The molecule has 0 amide bonds. The third kappa shape index (κ3) is 4.82.